The Bertz CT molecular complexity index is 908. The number of aliphatic imine (C=N–C) groups is 1. The number of thiophene rings is 1. The zero-order valence-corrected chi connectivity index (χ0v) is 14.9. The summed E-state index contributed by atoms with van der Waals surface area (Å²) in [4.78, 5) is 5.86. The highest BCUT2D eigenvalue weighted by Crippen LogP contribution is 2.31. The molecule has 0 bridgehead atoms. The van der Waals surface area contributed by atoms with Crippen LogP contribution < -0.4 is 4.72 Å². The van der Waals surface area contributed by atoms with Crippen molar-refractivity contribution in [2.75, 3.05) is 0 Å². The van der Waals surface area contributed by atoms with E-state index < -0.39 is 10.0 Å². The number of sulfonamides is 1. The van der Waals surface area contributed by atoms with Crippen molar-refractivity contribution >= 4 is 32.1 Å². The molecule has 0 radical (unpaired) electrons. The summed E-state index contributed by atoms with van der Waals surface area (Å²) in [5.74, 6) is 0.437. The average molecular weight is 346 g/mol. The zero-order chi connectivity index (χ0) is 16.6. The minimum absolute atomic E-state index is 0.325. The standard InChI is InChI=1S/C17H18N2O2S2/c1-11-6-7-14(9-12(11)2)16-13(3)17(19-23(16,20)21)18-10-15-5-4-8-22-15/h4-9H,10H2,1-3H3,(H,18,19). The first kappa shape index (κ1) is 16.0. The van der Waals surface area contributed by atoms with E-state index in [1.165, 1.54) is 0 Å². The van der Waals surface area contributed by atoms with Crippen LogP contribution in [-0.4, -0.2) is 14.3 Å². The Hall–Kier alpha value is -1.92. The maximum absolute atomic E-state index is 12.5. The maximum Gasteiger partial charge on any atom is 0.264 e. The van der Waals surface area contributed by atoms with Crippen LogP contribution in [0.2, 0.25) is 0 Å². The van der Waals surface area contributed by atoms with E-state index in [2.05, 4.69) is 9.71 Å². The second-order valence-electron chi connectivity index (χ2n) is 5.60. The van der Waals surface area contributed by atoms with Gasteiger partial charge in [-0.1, -0.05) is 24.3 Å². The summed E-state index contributed by atoms with van der Waals surface area (Å²) < 4.78 is 27.6. The van der Waals surface area contributed by atoms with Crippen LogP contribution in [0.3, 0.4) is 0 Å². The van der Waals surface area contributed by atoms with Gasteiger partial charge < -0.3 is 0 Å². The monoisotopic (exact) mass is 346 g/mol. The summed E-state index contributed by atoms with van der Waals surface area (Å²) in [6, 6.07) is 9.66. The second-order valence-corrected chi connectivity index (χ2v) is 8.25. The summed E-state index contributed by atoms with van der Waals surface area (Å²) in [6.07, 6.45) is 0. The molecule has 0 unspecified atom stereocenters. The number of aryl methyl sites for hydroxylation is 2. The predicted molar refractivity (Wildman–Crippen MR) is 96.0 cm³/mol. The SMILES string of the molecule is CC1=C(c2ccc(C)c(C)c2)S(=O)(=O)NC1=NCc1cccs1. The van der Waals surface area contributed by atoms with Gasteiger partial charge >= 0.3 is 0 Å². The molecule has 0 amide bonds. The van der Waals surface area contributed by atoms with Crippen molar-refractivity contribution < 1.29 is 8.42 Å². The minimum atomic E-state index is -3.56. The molecule has 0 aliphatic carbocycles. The number of nitrogens with one attached hydrogen (secondary N) is 1. The van der Waals surface area contributed by atoms with Crippen molar-refractivity contribution in [2.45, 2.75) is 27.3 Å². The van der Waals surface area contributed by atoms with E-state index >= 15 is 0 Å². The van der Waals surface area contributed by atoms with E-state index in [4.69, 9.17) is 0 Å². The first-order chi connectivity index (χ1) is 10.9. The van der Waals surface area contributed by atoms with Gasteiger partial charge in [0.25, 0.3) is 10.0 Å². The molecular weight excluding hydrogens is 328 g/mol. The highest BCUT2D eigenvalue weighted by molar-refractivity contribution is 8.00. The maximum atomic E-state index is 12.5. The van der Waals surface area contributed by atoms with Gasteiger partial charge in [0.1, 0.15) is 10.7 Å². The van der Waals surface area contributed by atoms with Gasteiger partial charge in [0.05, 0.1) is 6.54 Å². The van der Waals surface area contributed by atoms with Crippen LogP contribution in [-0.2, 0) is 16.6 Å². The molecule has 0 saturated carbocycles. The summed E-state index contributed by atoms with van der Waals surface area (Å²) in [5, 5.41) is 1.98. The van der Waals surface area contributed by atoms with E-state index in [1.807, 2.05) is 49.6 Å². The van der Waals surface area contributed by atoms with Gasteiger partial charge in [0.15, 0.2) is 0 Å². The Balaban J connectivity index is 2.02. The van der Waals surface area contributed by atoms with E-state index in [-0.39, 0.29) is 0 Å². The van der Waals surface area contributed by atoms with Crippen molar-refractivity contribution in [3.63, 3.8) is 0 Å². The summed E-state index contributed by atoms with van der Waals surface area (Å²) >= 11 is 1.61. The van der Waals surface area contributed by atoms with Crippen LogP contribution in [0.25, 0.3) is 4.91 Å². The normalized spacial score (nSPS) is 18.5. The molecule has 2 heterocycles. The van der Waals surface area contributed by atoms with Gasteiger partial charge in [0.2, 0.25) is 0 Å². The smallest absolute Gasteiger partial charge is 0.263 e. The largest absolute Gasteiger partial charge is 0.264 e. The first-order valence-corrected chi connectivity index (χ1v) is 9.63. The highest BCUT2D eigenvalue weighted by atomic mass is 32.2. The number of amidine groups is 1. The number of hydrogen-bond donors (Lipinski definition) is 1. The van der Waals surface area contributed by atoms with Crippen LogP contribution in [0.1, 0.15) is 28.5 Å². The van der Waals surface area contributed by atoms with Crippen LogP contribution >= 0.6 is 11.3 Å². The van der Waals surface area contributed by atoms with E-state index in [0.717, 1.165) is 16.0 Å². The molecular formula is C17H18N2O2S2. The van der Waals surface area contributed by atoms with Crippen molar-refractivity contribution in [1.29, 1.82) is 0 Å². The Labute approximate surface area is 140 Å². The topological polar surface area (TPSA) is 58.5 Å². The summed E-state index contributed by atoms with van der Waals surface area (Å²) in [6.45, 7) is 6.27. The van der Waals surface area contributed by atoms with Gasteiger partial charge in [0, 0.05) is 10.5 Å². The van der Waals surface area contributed by atoms with Crippen molar-refractivity contribution in [3.05, 3.63) is 62.9 Å². The molecule has 120 valence electrons. The van der Waals surface area contributed by atoms with Gasteiger partial charge in [-0.25, -0.2) is 8.42 Å². The highest BCUT2D eigenvalue weighted by Gasteiger charge is 2.32. The minimum Gasteiger partial charge on any atom is -0.263 e. The fourth-order valence-corrected chi connectivity index (χ4v) is 4.67. The Morgan fingerprint density at radius 2 is 1.91 bits per heavy atom. The van der Waals surface area contributed by atoms with Crippen LogP contribution in [0.5, 0.6) is 0 Å². The van der Waals surface area contributed by atoms with Crippen LogP contribution in [0, 0.1) is 13.8 Å². The third kappa shape index (κ3) is 3.09. The predicted octanol–water partition coefficient (Wildman–Crippen LogP) is 3.63. The average Bonchev–Trinajstić information content (AvgIpc) is 3.07. The molecule has 23 heavy (non-hydrogen) atoms. The van der Waals surface area contributed by atoms with Crippen molar-refractivity contribution in [3.8, 4) is 0 Å². The molecule has 1 N–H and O–H groups in total. The van der Waals surface area contributed by atoms with Crippen LogP contribution in [0.4, 0.5) is 0 Å². The molecule has 0 fully saturated rings. The van der Waals surface area contributed by atoms with E-state index in [9.17, 15) is 8.42 Å². The molecule has 2 aromatic rings. The molecule has 6 heteroatoms. The molecule has 1 aliphatic rings. The molecule has 0 saturated heterocycles. The lowest BCUT2D eigenvalue weighted by Gasteiger charge is -2.06. The number of benzene rings is 1. The third-order valence-electron chi connectivity index (χ3n) is 3.94. The molecule has 0 spiro atoms. The van der Waals surface area contributed by atoms with Crippen LogP contribution in [0.15, 0.2) is 46.3 Å². The Morgan fingerprint density at radius 1 is 1.13 bits per heavy atom. The summed E-state index contributed by atoms with van der Waals surface area (Å²) in [7, 11) is -3.56. The number of hydrogen-bond acceptors (Lipinski definition) is 4. The van der Waals surface area contributed by atoms with Gasteiger partial charge in [-0.2, -0.15) is 0 Å². The van der Waals surface area contributed by atoms with Crippen molar-refractivity contribution in [2.24, 2.45) is 4.99 Å². The summed E-state index contributed by atoms with van der Waals surface area (Å²) in [5.41, 5.74) is 3.59. The van der Waals surface area contributed by atoms with Crippen molar-refractivity contribution in [1.82, 2.24) is 4.72 Å². The zero-order valence-electron chi connectivity index (χ0n) is 13.3. The molecule has 0 atom stereocenters. The Kier molecular flexibility index (Phi) is 4.12. The molecule has 4 nitrogen and oxygen atoms in total. The molecule has 1 aliphatic heterocycles. The van der Waals surface area contributed by atoms with Gasteiger partial charge in [-0.05, 0) is 48.9 Å². The lowest BCUT2D eigenvalue weighted by atomic mass is 10.0. The molecule has 1 aromatic carbocycles. The number of rotatable bonds is 3. The fourth-order valence-electron chi connectivity index (χ4n) is 2.53. The Morgan fingerprint density at radius 3 is 2.57 bits per heavy atom. The third-order valence-corrected chi connectivity index (χ3v) is 6.34. The first-order valence-electron chi connectivity index (χ1n) is 7.27. The lowest BCUT2D eigenvalue weighted by molar-refractivity contribution is 0.603. The molecule has 3 rings (SSSR count). The quantitative estimate of drug-likeness (QED) is 0.922. The fraction of sp³-hybridized carbons (Fsp3) is 0.235. The second kappa shape index (κ2) is 5.94. The van der Waals surface area contributed by atoms with E-state index in [1.54, 1.807) is 18.3 Å². The number of nitrogens with zero attached hydrogens (tertiary/aromatic N) is 1. The van der Waals surface area contributed by atoms with Gasteiger partial charge in [-0.15, -0.1) is 11.3 Å². The molecule has 1 aromatic heterocycles. The van der Waals surface area contributed by atoms with Gasteiger partial charge in [-0.3, -0.25) is 9.71 Å². The van der Waals surface area contributed by atoms with E-state index in [0.29, 0.717) is 28.4 Å². The lowest BCUT2D eigenvalue weighted by Crippen LogP contribution is -2.23.